The summed E-state index contributed by atoms with van der Waals surface area (Å²) in [6, 6.07) is 7.08. The predicted molar refractivity (Wildman–Crippen MR) is 89.1 cm³/mol. The maximum Gasteiger partial charge on any atom is 0.267 e. The van der Waals surface area contributed by atoms with Gasteiger partial charge in [0.05, 0.1) is 10.7 Å². The number of nitrogens with one attached hydrogen (secondary N) is 1. The average molecular weight is 349 g/mol. The maximum atomic E-state index is 12.4. The standard InChI is InChI=1S/C15H15N3O3S2/c1-9-15(10(2)21-17-9)23(19,20)18-13-6-4-12(5-7-13)14-8-22-11(3)16-14/h4-8,18H,1-3H3. The lowest BCUT2D eigenvalue weighted by Crippen LogP contribution is -2.14. The van der Waals surface area contributed by atoms with Crippen molar-refractivity contribution < 1.29 is 12.9 Å². The fourth-order valence-corrected chi connectivity index (χ4v) is 4.28. The molecule has 2 heterocycles. The third kappa shape index (κ3) is 3.13. The zero-order chi connectivity index (χ0) is 16.6. The monoisotopic (exact) mass is 349 g/mol. The van der Waals surface area contributed by atoms with Gasteiger partial charge in [-0.2, -0.15) is 0 Å². The van der Waals surface area contributed by atoms with Crippen molar-refractivity contribution in [3.8, 4) is 11.3 Å². The van der Waals surface area contributed by atoms with Gasteiger partial charge in [-0.05, 0) is 32.9 Å². The molecular weight excluding hydrogens is 334 g/mol. The van der Waals surface area contributed by atoms with Crippen LogP contribution in [0.5, 0.6) is 0 Å². The Labute approximate surface area is 138 Å². The molecule has 0 aliphatic rings. The molecular formula is C15H15N3O3S2. The number of aromatic nitrogens is 2. The van der Waals surface area contributed by atoms with Gasteiger partial charge in [-0.25, -0.2) is 13.4 Å². The summed E-state index contributed by atoms with van der Waals surface area (Å²) in [5.41, 5.74) is 2.63. The number of anilines is 1. The Morgan fingerprint density at radius 3 is 2.35 bits per heavy atom. The first kappa shape index (κ1) is 15.7. The van der Waals surface area contributed by atoms with E-state index >= 15 is 0 Å². The van der Waals surface area contributed by atoms with Gasteiger partial charge in [0.25, 0.3) is 10.0 Å². The van der Waals surface area contributed by atoms with E-state index in [-0.39, 0.29) is 10.7 Å². The summed E-state index contributed by atoms with van der Waals surface area (Å²) in [5.74, 6) is 0.268. The summed E-state index contributed by atoms with van der Waals surface area (Å²) in [4.78, 5) is 4.49. The van der Waals surface area contributed by atoms with Crippen LogP contribution in [0.3, 0.4) is 0 Å². The lowest BCUT2D eigenvalue weighted by atomic mass is 10.1. The number of aryl methyl sites for hydroxylation is 3. The van der Waals surface area contributed by atoms with Crippen molar-refractivity contribution in [1.29, 1.82) is 0 Å². The van der Waals surface area contributed by atoms with Gasteiger partial charge < -0.3 is 4.52 Å². The molecule has 0 aliphatic carbocycles. The number of rotatable bonds is 4. The fourth-order valence-electron chi connectivity index (χ4n) is 2.27. The largest absolute Gasteiger partial charge is 0.360 e. The highest BCUT2D eigenvalue weighted by Crippen LogP contribution is 2.25. The average Bonchev–Trinajstić information content (AvgIpc) is 3.06. The predicted octanol–water partition coefficient (Wildman–Crippen LogP) is 3.52. The van der Waals surface area contributed by atoms with Crippen LogP contribution in [0.1, 0.15) is 16.5 Å². The lowest BCUT2D eigenvalue weighted by Gasteiger charge is -2.08. The highest BCUT2D eigenvalue weighted by Gasteiger charge is 2.24. The summed E-state index contributed by atoms with van der Waals surface area (Å²) in [6.07, 6.45) is 0. The molecule has 8 heteroatoms. The quantitative estimate of drug-likeness (QED) is 0.779. The normalized spacial score (nSPS) is 11.6. The van der Waals surface area contributed by atoms with Crippen molar-refractivity contribution in [2.75, 3.05) is 4.72 Å². The first-order chi connectivity index (χ1) is 10.9. The molecule has 120 valence electrons. The molecule has 1 N–H and O–H groups in total. The molecule has 3 rings (SSSR count). The Morgan fingerprint density at radius 2 is 1.83 bits per heavy atom. The fraction of sp³-hybridized carbons (Fsp3) is 0.200. The molecule has 0 fully saturated rings. The smallest absolute Gasteiger partial charge is 0.267 e. The van der Waals surface area contributed by atoms with Gasteiger partial charge in [0.15, 0.2) is 10.7 Å². The summed E-state index contributed by atoms with van der Waals surface area (Å²) in [5, 5.41) is 6.64. The van der Waals surface area contributed by atoms with Gasteiger partial charge in [0, 0.05) is 16.6 Å². The van der Waals surface area contributed by atoms with E-state index in [1.165, 1.54) is 0 Å². The van der Waals surface area contributed by atoms with Crippen LogP contribution in [0, 0.1) is 20.8 Å². The van der Waals surface area contributed by atoms with E-state index in [0.717, 1.165) is 16.3 Å². The molecule has 0 saturated heterocycles. The van der Waals surface area contributed by atoms with Crippen molar-refractivity contribution in [2.45, 2.75) is 25.7 Å². The van der Waals surface area contributed by atoms with Crippen LogP contribution >= 0.6 is 11.3 Å². The molecule has 0 bridgehead atoms. The Bertz CT molecular complexity index is 921. The van der Waals surface area contributed by atoms with Gasteiger partial charge in [-0.1, -0.05) is 17.3 Å². The SMILES string of the molecule is Cc1nc(-c2ccc(NS(=O)(=O)c3c(C)noc3C)cc2)cs1. The highest BCUT2D eigenvalue weighted by atomic mass is 32.2. The van der Waals surface area contributed by atoms with Crippen LogP contribution < -0.4 is 4.72 Å². The molecule has 6 nitrogen and oxygen atoms in total. The van der Waals surface area contributed by atoms with Crippen LogP contribution in [0.2, 0.25) is 0 Å². The minimum Gasteiger partial charge on any atom is -0.360 e. The number of sulfonamides is 1. The first-order valence-corrected chi connectivity index (χ1v) is 9.21. The molecule has 0 atom stereocenters. The van der Waals surface area contributed by atoms with E-state index in [4.69, 9.17) is 4.52 Å². The van der Waals surface area contributed by atoms with Crippen LogP contribution in [-0.4, -0.2) is 18.6 Å². The van der Waals surface area contributed by atoms with Gasteiger partial charge in [-0.3, -0.25) is 4.72 Å². The van der Waals surface area contributed by atoms with Crippen molar-refractivity contribution >= 4 is 27.0 Å². The molecule has 1 aromatic carbocycles. The highest BCUT2D eigenvalue weighted by molar-refractivity contribution is 7.92. The Balaban J connectivity index is 1.86. The maximum absolute atomic E-state index is 12.4. The van der Waals surface area contributed by atoms with E-state index in [9.17, 15) is 8.42 Å². The van der Waals surface area contributed by atoms with Crippen molar-refractivity contribution in [2.24, 2.45) is 0 Å². The first-order valence-electron chi connectivity index (χ1n) is 6.85. The minimum atomic E-state index is -3.72. The Morgan fingerprint density at radius 1 is 1.13 bits per heavy atom. The van der Waals surface area contributed by atoms with Gasteiger partial charge >= 0.3 is 0 Å². The van der Waals surface area contributed by atoms with E-state index in [2.05, 4.69) is 14.9 Å². The second kappa shape index (κ2) is 5.78. The summed E-state index contributed by atoms with van der Waals surface area (Å²) in [7, 11) is -3.72. The van der Waals surface area contributed by atoms with E-state index < -0.39 is 10.0 Å². The molecule has 2 aromatic heterocycles. The number of thiazole rings is 1. The summed E-state index contributed by atoms with van der Waals surface area (Å²) >= 11 is 1.57. The zero-order valence-electron chi connectivity index (χ0n) is 12.8. The number of benzene rings is 1. The molecule has 0 saturated carbocycles. The topological polar surface area (TPSA) is 85.1 Å². The molecule has 0 unspecified atom stereocenters. The van der Waals surface area contributed by atoms with Crippen LogP contribution in [0.4, 0.5) is 5.69 Å². The minimum absolute atomic E-state index is 0.0803. The molecule has 3 aromatic rings. The zero-order valence-corrected chi connectivity index (χ0v) is 14.5. The summed E-state index contributed by atoms with van der Waals surface area (Å²) in [6.45, 7) is 5.11. The molecule has 0 radical (unpaired) electrons. The third-order valence-electron chi connectivity index (χ3n) is 3.29. The summed E-state index contributed by atoms with van der Waals surface area (Å²) < 4.78 is 32.3. The van der Waals surface area contributed by atoms with E-state index in [1.807, 2.05) is 24.4 Å². The molecule has 0 spiro atoms. The van der Waals surface area contributed by atoms with Gasteiger partial charge in [-0.15, -0.1) is 11.3 Å². The van der Waals surface area contributed by atoms with Crippen molar-refractivity contribution in [1.82, 2.24) is 10.1 Å². The lowest BCUT2D eigenvalue weighted by molar-refractivity contribution is 0.390. The number of nitrogens with zero attached hydrogens (tertiary/aromatic N) is 2. The van der Waals surface area contributed by atoms with Crippen LogP contribution in [-0.2, 0) is 10.0 Å². The molecule has 23 heavy (non-hydrogen) atoms. The van der Waals surface area contributed by atoms with Crippen LogP contribution in [0.15, 0.2) is 39.1 Å². The third-order valence-corrected chi connectivity index (χ3v) is 5.69. The van der Waals surface area contributed by atoms with Gasteiger partial charge in [0.1, 0.15) is 5.69 Å². The molecule has 0 aliphatic heterocycles. The number of hydrogen-bond donors (Lipinski definition) is 1. The second-order valence-electron chi connectivity index (χ2n) is 5.09. The number of hydrogen-bond acceptors (Lipinski definition) is 6. The Hall–Kier alpha value is -2.19. The van der Waals surface area contributed by atoms with Crippen molar-refractivity contribution in [3.63, 3.8) is 0 Å². The van der Waals surface area contributed by atoms with Crippen LogP contribution in [0.25, 0.3) is 11.3 Å². The second-order valence-corrected chi connectivity index (χ2v) is 7.77. The van der Waals surface area contributed by atoms with E-state index in [0.29, 0.717) is 11.4 Å². The van der Waals surface area contributed by atoms with E-state index in [1.54, 1.807) is 37.3 Å². The van der Waals surface area contributed by atoms with Gasteiger partial charge in [0.2, 0.25) is 0 Å². The van der Waals surface area contributed by atoms with Crippen molar-refractivity contribution in [3.05, 3.63) is 46.1 Å². The Kier molecular flexibility index (Phi) is 3.95. The molecule has 0 amide bonds.